The second-order valence-corrected chi connectivity index (χ2v) is 12.0. The number of carbonyl (C=O) groups excluding carboxylic acids is 1. The number of rotatable bonds is 7. The minimum Gasteiger partial charge on any atom is -0.462 e. The van der Waals surface area contributed by atoms with Gasteiger partial charge in [-0.15, -0.1) is 0 Å². The highest BCUT2D eigenvalue weighted by atomic mass is 28.4. The molecule has 1 unspecified atom stereocenters. The molecule has 0 aliphatic heterocycles. The molecule has 0 radical (unpaired) electrons. The quantitative estimate of drug-likeness (QED) is 0.411. The fourth-order valence-electron chi connectivity index (χ4n) is 3.42. The highest BCUT2D eigenvalue weighted by molar-refractivity contribution is 6.99. The van der Waals surface area contributed by atoms with Crippen molar-refractivity contribution in [1.29, 1.82) is 0 Å². The Hall–Kier alpha value is -2.17. The summed E-state index contributed by atoms with van der Waals surface area (Å²) >= 11 is 0. The van der Waals surface area contributed by atoms with Crippen LogP contribution in [0, 0.1) is 0 Å². The first-order valence-electron chi connectivity index (χ1n) is 9.36. The summed E-state index contributed by atoms with van der Waals surface area (Å²) in [5.41, 5.74) is 0. The summed E-state index contributed by atoms with van der Waals surface area (Å²) in [6, 6.07) is 21.1. The van der Waals surface area contributed by atoms with E-state index in [2.05, 4.69) is 69.3 Å². The topological polar surface area (TPSA) is 35.5 Å². The van der Waals surface area contributed by atoms with Crippen molar-refractivity contribution < 1.29 is 14.0 Å². The average Bonchev–Trinajstić information content (AvgIpc) is 2.63. The van der Waals surface area contributed by atoms with Gasteiger partial charge in [-0.1, -0.05) is 87.5 Å². The highest BCUT2D eigenvalue weighted by Gasteiger charge is 2.50. The Morgan fingerprint density at radius 3 is 1.89 bits per heavy atom. The predicted molar refractivity (Wildman–Crippen MR) is 114 cm³/mol. The number of benzene rings is 2. The zero-order valence-corrected chi connectivity index (χ0v) is 17.9. The van der Waals surface area contributed by atoms with Gasteiger partial charge in [0.05, 0.1) is 6.10 Å². The van der Waals surface area contributed by atoms with Gasteiger partial charge >= 0.3 is 5.97 Å². The van der Waals surface area contributed by atoms with Crippen LogP contribution in [0.5, 0.6) is 0 Å². The lowest BCUT2D eigenvalue weighted by atomic mass is 10.2. The molecule has 0 aromatic heterocycles. The van der Waals surface area contributed by atoms with Crippen molar-refractivity contribution in [3.8, 4) is 0 Å². The molecule has 27 heavy (non-hydrogen) atoms. The molecule has 2 rings (SSSR count). The minimum atomic E-state index is -2.55. The zero-order chi connectivity index (χ0) is 19.9. The molecule has 0 aliphatic rings. The normalized spacial score (nSPS) is 13.5. The van der Waals surface area contributed by atoms with Gasteiger partial charge in [-0.2, -0.15) is 0 Å². The average molecular weight is 383 g/mol. The summed E-state index contributed by atoms with van der Waals surface area (Å²) in [6.07, 6.45) is 3.72. The summed E-state index contributed by atoms with van der Waals surface area (Å²) < 4.78 is 11.9. The largest absolute Gasteiger partial charge is 0.462 e. The summed E-state index contributed by atoms with van der Waals surface area (Å²) in [5.74, 6) is -0.278. The van der Waals surface area contributed by atoms with Crippen molar-refractivity contribution in [2.24, 2.45) is 0 Å². The fraction of sp³-hybridized carbons (Fsp3) is 0.348. The van der Waals surface area contributed by atoms with Crippen LogP contribution < -0.4 is 10.4 Å². The van der Waals surface area contributed by atoms with E-state index in [9.17, 15) is 4.79 Å². The van der Waals surface area contributed by atoms with Crippen LogP contribution in [0.3, 0.4) is 0 Å². The maximum atomic E-state index is 10.9. The van der Waals surface area contributed by atoms with Crippen LogP contribution in [0.2, 0.25) is 5.04 Å². The summed E-state index contributed by atoms with van der Waals surface area (Å²) in [4.78, 5) is 10.9. The van der Waals surface area contributed by atoms with Crippen LogP contribution >= 0.6 is 0 Å². The number of hydrogen-bond donors (Lipinski definition) is 0. The third-order valence-electron chi connectivity index (χ3n) is 4.57. The van der Waals surface area contributed by atoms with E-state index >= 15 is 0 Å². The van der Waals surface area contributed by atoms with Crippen molar-refractivity contribution in [2.75, 3.05) is 6.61 Å². The van der Waals surface area contributed by atoms with Gasteiger partial charge in [-0.25, -0.2) is 0 Å². The Labute approximate surface area is 164 Å². The molecule has 4 heteroatoms. The predicted octanol–water partition coefficient (Wildman–Crippen LogP) is 4.07. The lowest BCUT2D eigenvalue weighted by Crippen LogP contribution is -2.67. The lowest BCUT2D eigenvalue weighted by Gasteiger charge is -2.44. The second-order valence-electron chi connectivity index (χ2n) is 7.72. The summed E-state index contributed by atoms with van der Waals surface area (Å²) in [7, 11) is -2.55. The standard InChI is InChI=1S/C23H30O3Si/c1-19(13-12-18-25-20(2)24)26-27(23(3,4)5,21-14-8-6-9-15-21)22-16-10-7-11-17-22/h6-17,19H,18H2,1-5H3/b13-12+. The molecule has 144 valence electrons. The number of esters is 1. The molecule has 0 fully saturated rings. The summed E-state index contributed by atoms with van der Waals surface area (Å²) in [5, 5.41) is 2.45. The first-order chi connectivity index (χ1) is 12.8. The van der Waals surface area contributed by atoms with Gasteiger partial charge in [0.1, 0.15) is 6.61 Å². The molecule has 0 amide bonds. The van der Waals surface area contributed by atoms with Crippen molar-refractivity contribution in [3.63, 3.8) is 0 Å². The molecular weight excluding hydrogens is 352 g/mol. The molecule has 2 aromatic carbocycles. The van der Waals surface area contributed by atoms with Crippen molar-refractivity contribution in [1.82, 2.24) is 0 Å². The van der Waals surface area contributed by atoms with Crippen LogP contribution in [0.15, 0.2) is 72.8 Å². The Balaban J connectivity index is 2.45. The van der Waals surface area contributed by atoms with E-state index in [1.807, 2.05) is 31.2 Å². The Bertz CT molecular complexity index is 709. The van der Waals surface area contributed by atoms with E-state index in [0.29, 0.717) is 0 Å². The Kier molecular flexibility index (Phi) is 7.16. The molecule has 0 spiro atoms. The summed E-state index contributed by atoms with van der Waals surface area (Å²) in [6.45, 7) is 10.5. The Morgan fingerprint density at radius 2 is 1.48 bits per heavy atom. The first kappa shape index (κ1) is 21.1. The van der Waals surface area contributed by atoms with E-state index in [4.69, 9.17) is 9.16 Å². The lowest BCUT2D eigenvalue weighted by molar-refractivity contribution is -0.139. The van der Waals surface area contributed by atoms with Crippen molar-refractivity contribution in [2.45, 2.75) is 45.8 Å². The molecule has 3 nitrogen and oxygen atoms in total. The van der Waals surface area contributed by atoms with Gasteiger partial charge in [0.25, 0.3) is 8.32 Å². The van der Waals surface area contributed by atoms with Gasteiger partial charge in [-0.05, 0) is 28.4 Å². The van der Waals surface area contributed by atoms with Crippen molar-refractivity contribution in [3.05, 3.63) is 72.8 Å². The first-order valence-corrected chi connectivity index (χ1v) is 11.3. The molecular formula is C23H30O3Si. The van der Waals surface area contributed by atoms with Crippen LogP contribution in [0.1, 0.15) is 34.6 Å². The highest BCUT2D eigenvalue weighted by Crippen LogP contribution is 2.37. The fourth-order valence-corrected chi connectivity index (χ4v) is 8.07. The van der Waals surface area contributed by atoms with E-state index < -0.39 is 8.32 Å². The smallest absolute Gasteiger partial charge is 0.302 e. The molecule has 0 saturated heterocycles. The van der Waals surface area contributed by atoms with E-state index in [1.54, 1.807) is 0 Å². The third-order valence-corrected chi connectivity index (χ3v) is 9.70. The second kappa shape index (κ2) is 9.15. The van der Waals surface area contributed by atoms with E-state index in [1.165, 1.54) is 17.3 Å². The van der Waals surface area contributed by atoms with Gasteiger partial charge < -0.3 is 9.16 Å². The molecule has 1 atom stereocenters. The maximum absolute atomic E-state index is 10.9. The van der Waals surface area contributed by atoms with Crippen LogP contribution in [-0.2, 0) is 14.0 Å². The van der Waals surface area contributed by atoms with Crippen molar-refractivity contribution >= 4 is 24.7 Å². The number of ether oxygens (including phenoxy) is 1. The van der Waals surface area contributed by atoms with Gasteiger partial charge in [0, 0.05) is 6.92 Å². The number of carbonyl (C=O) groups is 1. The SMILES string of the molecule is CC(=O)OC/C=C/C(C)O[Si](c1ccccc1)(c1ccccc1)C(C)(C)C. The molecule has 0 heterocycles. The monoisotopic (exact) mass is 382 g/mol. The van der Waals surface area contributed by atoms with Gasteiger partial charge in [-0.3, -0.25) is 4.79 Å². The minimum absolute atomic E-state index is 0.0618. The van der Waals surface area contributed by atoms with Gasteiger partial charge in [0.15, 0.2) is 0 Å². The molecule has 0 aliphatic carbocycles. The van der Waals surface area contributed by atoms with E-state index in [0.717, 1.165) is 0 Å². The zero-order valence-electron chi connectivity index (χ0n) is 16.9. The van der Waals surface area contributed by atoms with E-state index in [-0.39, 0.29) is 23.7 Å². The molecule has 0 N–H and O–H groups in total. The number of hydrogen-bond acceptors (Lipinski definition) is 3. The van der Waals surface area contributed by atoms with Crippen LogP contribution in [0.25, 0.3) is 0 Å². The Morgan fingerprint density at radius 1 is 1.00 bits per heavy atom. The van der Waals surface area contributed by atoms with Crippen LogP contribution in [-0.4, -0.2) is 27.0 Å². The molecule has 2 aromatic rings. The van der Waals surface area contributed by atoms with Crippen LogP contribution in [0.4, 0.5) is 0 Å². The van der Waals surface area contributed by atoms with Gasteiger partial charge in [0.2, 0.25) is 0 Å². The molecule has 0 bridgehead atoms. The molecule has 0 saturated carbocycles. The third kappa shape index (κ3) is 5.18. The maximum Gasteiger partial charge on any atom is 0.302 e.